The SMILES string of the molecule is CC(C)(C)c1ccc(CCNC(=O)CC2CSCCN2)cc1. The molecule has 2 rings (SSSR count). The highest BCUT2D eigenvalue weighted by Crippen LogP contribution is 2.22. The molecule has 2 N–H and O–H groups in total. The maximum atomic E-state index is 11.9. The van der Waals surface area contributed by atoms with E-state index in [1.807, 2.05) is 11.8 Å². The number of carbonyl (C=O) groups excluding carboxylic acids is 1. The molecule has 122 valence electrons. The number of amides is 1. The molecule has 3 nitrogen and oxygen atoms in total. The summed E-state index contributed by atoms with van der Waals surface area (Å²) in [5.74, 6) is 2.36. The number of carbonyl (C=O) groups is 1. The predicted molar refractivity (Wildman–Crippen MR) is 95.6 cm³/mol. The fraction of sp³-hybridized carbons (Fsp3) is 0.611. The molecule has 1 aromatic carbocycles. The number of nitrogens with one attached hydrogen (secondary N) is 2. The van der Waals surface area contributed by atoms with Gasteiger partial charge in [0, 0.05) is 37.1 Å². The molecule has 1 saturated heterocycles. The van der Waals surface area contributed by atoms with Crippen molar-refractivity contribution < 1.29 is 4.79 Å². The molecular formula is C18H28N2OS. The summed E-state index contributed by atoms with van der Waals surface area (Å²) in [6.45, 7) is 8.40. The van der Waals surface area contributed by atoms with Crippen LogP contribution in [-0.2, 0) is 16.6 Å². The molecule has 1 aromatic rings. The topological polar surface area (TPSA) is 41.1 Å². The van der Waals surface area contributed by atoms with Crippen molar-refractivity contribution in [2.24, 2.45) is 0 Å². The maximum Gasteiger partial charge on any atom is 0.221 e. The van der Waals surface area contributed by atoms with E-state index in [2.05, 4.69) is 55.7 Å². The predicted octanol–water partition coefficient (Wildman–Crippen LogP) is 2.74. The largest absolute Gasteiger partial charge is 0.356 e. The van der Waals surface area contributed by atoms with Crippen LogP contribution in [0.4, 0.5) is 0 Å². The molecule has 1 heterocycles. The Morgan fingerprint density at radius 1 is 1.32 bits per heavy atom. The van der Waals surface area contributed by atoms with Gasteiger partial charge in [-0.1, -0.05) is 45.0 Å². The molecular weight excluding hydrogens is 292 g/mol. The lowest BCUT2D eigenvalue weighted by Crippen LogP contribution is -2.41. The van der Waals surface area contributed by atoms with Crippen LogP contribution in [0.1, 0.15) is 38.3 Å². The summed E-state index contributed by atoms with van der Waals surface area (Å²) in [4.78, 5) is 11.9. The molecule has 1 unspecified atom stereocenters. The standard InChI is InChI=1S/C18H28N2OS/c1-18(2,3)15-6-4-14(5-7-15)8-9-20-17(21)12-16-13-22-11-10-19-16/h4-7,16,19H,8-13H2,1-3H3,(H,20,21). The molecule has 4 heteroatoms. The van der Waals surface area contributed by atoms with Crippen LogP contribution in [0.25, 0.3) is 0 Å². The van der Waals surface area contributed by atoms with Gasteiger partial charge in [0.05, 0.1) is 0 Å². The third kappa shape index (κ3) is 5.65. The highest BCUT2D eigenvalue weighted by molar-refractivity contribution is 7.99. The minimum atomic E-state index is 0.159. The minimum absolute atomic E-state index is 0.159. The first-order valence-electron chi connectivity index (χ1n) is 8.12. The number of thioether (sulfide) groups is 1. The fourth-order valence-electron chi connectivity index (χ4n) is 2.56. The molecule has 1 atom stereocenters. The zero-order chi connectivity index (χ0) is 16.0. The van der Waals surface area contributed by atoms with E-state index in [9.17, 15) is 4.79 Å². The van der Waals surface area contributed by atoms with Gasteiger partial charge in [-0.25, -0.2) is 0 Å². The van der Waals surface area contributed by atoms with Crippen LogP contribution < -0.4 is 10.6 Å². The van der Waals surface area contributed by atoms with Crippen LogP contribution in [0.2, 0.25) is 0 Å². The number of rotatable bonds is 5. The van der Waals surface area contributed by atoms with Gasteiger partial charge < -0.3 is 10.6 Å². The lowest BCUT2D eigenvalue weighted by atomic mass is 9.86. The summed E-state index contributed by atoms with van der Waals surface area (Å²) in [5, 5.41) is 6.43. The van der Waals surface area contributed by atoms with Crippen LogP contribution in [0, 0.1) is 0 Å². The summed E-state index contributed by atoms with van der Waals surface area (Å²) in [6, 6.07) is 9.07. The Bertz CT molecular complexity index is 473. The quantitative estimate of drug-likeness (QED) is 0.876. The first kappa shape index (κ1) is 17.4. The van der Waals surface area contributed by atoms with Crippen LogP contribution in [0.3, 0.4) is 0 Å². The summed E-state index contributed by atoms with van der Waals surface area (Å²) in [7, 11) is 0. The van der Waals surface area contributed by atoms with Gasteiger partial charge in [-0.15, -0.1) is 0 Å². The van der Waals surface area contributed by atoms with Crippen LogP contribution >= 0.6 is 11.8 Å². The first-order valence-corrected chi connectivity index (χ1v) is 9.28. The van der Waals surface area contributed by atoms with Gasteiger partial charge in [0.15, 0.2) is 0 Å². The zero-order valence-corrected chi connectivity index (χ0v) is 14.8. The third-order valence-corrected chi connectivity index (χ3v) is 5.12. The summed E-state index contributed by atoms with van der Waals surface area (Å²) < 4.78 is 0. The van der Waals surface area contributed by atoms with Gasteiger partial charge in [0.1, 0.15) is 0 Å². The monoisotopic (exact) mass is 320 g/mol. The number of hydrogen-bond donors (Lipinski definition) is 2. The Morgan fingerprint density at radius 2 is 2.05 bits per heavy atom. The van der Waals surface area contributed by atoms with Crippen molar-refractivity contribution in [3.8, 4) is 0 Å². The molecule has 0 bridgehead atoms. The Kier molecular flexibility index (Phi) is 6.33. The van der Waals surface area contributed by atoms with Crippen molar-refractivity contribution >= 4 is 17.7 Å². The second-order valence-corrected chi connectivity index (χ2v) is 8.13. The van der Waals surface area contributed by atoms with Gasteiger partial charge in [-0.05, 0) is 23.0 Å². The van der Waals surface area contributed by atoms with Crippen LogP contribution in [0.5, 0.6) is 0 Å². The molecule has 1 amide bonds. The minimum Gasteiger partial charge on any atom is -0.356 e. The van der Waals surface area contributed by atoms with Gasteiger partial charge in [0.25, 0.3) is 0 Å². The van der Waals surface area contributed by atoms with Crippen molar-refractivity contribution in [3.63, 3.8) is 0 Å². The first-order chi connectivity index (χ1) is 10.4. The Hall–Kier alpha value is -1.00. The molecule has 1 aliphatic rings. The fourth-order valence-corrected chi connectivity index (χ4v) is 3.51. The van der Waals surface area contributed by atoms with Gasteiger partial charge in [-0.3, -0.25) is 4.79 Å². The van der Waals surface area contributed by atoms with Crippen molar-refractivity contribution in [2.75, 3.05) is 24.6 Å². The van der Waals surface area contributed by atoms with Gasteiger partial charge in [0.2, 0.25) is 5.91 Å². The molecule has 22 heavy (non-hydrogen) atoms. The Balaban J connectivity index is 1.70. The van der Waals surface area contributed by atoms with Crippen molar-refractivity contribution in [1.82, 2.24) is 10.6 Å². The Labute approximate surface area is 138 Å². The van der Waals surface area contributed by atoms with Crippen molar-refractivity contribution in [2.45, 2.75) is 45.1 Å². The van der Waals surface area contributed by atoms with Gasteiger partial charge in [-0.2, -0.15) is 11.8 Å². The lowest BCUT2D eigenvalue weighted by Gasteiger charge is -2.22. The maximum absolute atomic E-state index is 11.9. The summed E-state index contributed by atoms with van der Waals surface area (Å²) >= 11 is 1.93. The number of hydrogen-bond acceptors (Lipinski definition) is 3. The van der Waals surface area contributed by atoms with E-state index in [1.54, 1.807) is 0 Å². The molecule has 0 spiro atoms. The third-order valence-electron chi connectivity index (χ3n) is 3.99. The number of benzene rings is 1. The summed E-state index contributed by atoms with van der Waals surface area (Å²) in [6.07, 6.45) is 1.49. The molecule has 1 fully saturated rings. The Morgan fingerprint density at radius 3 is 2.64 bits per heavy atom. The highest BCUT2D eigenvalue weighted by atomic mass is 32.2. The van der Waals surface area contributed by atoms with E-state index < -0.39 is 0 Å². The van der Waals surface area contributed by atoms with E-state index in [4.69, 9.17) is 0 Å². The average molecular weight is 321 g/mol. The zero-order valence-electron chi connectivity index (χ0n) is 13.9. The van der Waals surface area contributed by atoms with E-state index >= 15 is 0 Å². The molecule has 1 aliphatic heterocycles. The van der Waals surface area contributed by atoms with Crippen molar-refractivity contribution in [1.29, 1.82) is 0 Å². The van der Waals surface area contributed by atoms with Crippen molar-refractivity contribution in [3.05, 3.63) is 35.4 Å². The van der Waals surface area contributed by atoms with E-state index in [1.165, 1.54) is 11.1 Å². The molecule has 0 saturated carbocycles. The smallest absolute Gasteiger partial charge is 0.221 e. The summed E-state index contributed by atoms with van der Waals surface area (Å²) in [5.41, 5.74) is 2.82. The molecule has 0 aliphatic carbocycles. The van der Waals surface area contributed by atoms with Crippen LogP contribution in [-0.4, -0.2) is 36.5 Å². The van der Waals surface area contributed by atoms with E-state index in [0.717, 1.165) is 24.5 Å². The second-order valence-electron chi connectivity index (χ2n) is 6.98. The average Bonchev–Trinajstić information content (AvgIpc) is 2.48. The lowest BCUT2D eigenvalue weighted by molar-refractivity contribution is -0.121. The van der Waals surface area contributed by atoms with E-state index in [-0.39, 0.29) is 11.3 Å². The second kappa shape index (κ2) is 8.02. The van der Waals surface area contributed by atoms with E-state index in [0.29, 0.717) is 19.0 Å². The molecule has 0 radical (unpaired) electrons. The molecule has 0 aromatic heterocycles. The highest BCUT2D eigenvalue weighted by Gasteiger charge is 2.16. The van der Waals surface area contributed by atoms with Crippen LogP contribution in [0.15, 0.2) is 24.3 Å². The normalized spacial score (nSPS) is 19.0. The van der Waals surface area contributed by atoms with Gasteiger partial charge >= 0.3 is 0 Å².